The summed E-state index contributed by atoms with van der Waals surface area (Å²) >= 11 is 0. The van der Waals surface area contributed by atoms with Crippen molar-refractivity contribution in [1.82, 2.24) is 10.0 Å². The van der Waals surface area contributed by atoms with Crippen molar-refractivity contribution in [2.75, 3.05) is 0 Å². The highest BCUT2D eigenvalue weighted by Gasteiger charge is 2.35. The lowest BCUT2D eigenvalue weighted by molar-refractivity contribution is 0.345. The molecule has 2 saturated heterocycles. The van der Waals surface area contributed by atoms with Gasteiger partial charge < -0.3 is 5.32 Å². The van der Waals surface area contributed by atoms with Crippen molar-refractivity contribution in [3.63, 3.8) is 0 Å². The van der Waals surface area contributed by atoms with Gasteiger partial charge in [0.05, 0.1) is 4.90 Å². The van der Waals surface area contributed by atoms with E-state index in [1.165, 1.54) is 12.8 Å². The van der Waals surface area contributed by atoms with Crippen LogP contribution in [0.5, 0.6) is 0 Å². The highest BCUT2D eigenvalue weighted by molar-refractivity contribution is 7.89. The summed E-state index contributed by atoms with van der Waals surface area (Å²) in [5, 5.41) is 3.53. The third-order valence-electron chi connectivity index (χ3n) is 4.41. The molecule has 2 N–H and O–H groups in total. The highest BCUT2D eigenvalue weighted by Crippen LogP contribution is 2.27. The third-order valence-corrected chi connectivity index (χ3v) is 5.93. The molecule has 0 radical (unpaired) electrons. The molecule has 2 atom stereocenters. The van der Waals surface area contributed by atoms with Gasteiger partial charge in [0.2, 0.25) is 10.0 Å². The van der Waals surface area contributed by atoms with E-state index >= 15 is 0 Å². The molecule has 2 fully saturated rings. The van der Waals surface area contributed by atoms with Gasteiger partial charge in [0.15, 0.2) is 0 Å². The van der Waals surface area contributed by atoms with Crippen LogP contribution in [0, 0.1) is 0 Å². The molecule has 0 spiro atoms. The van der Waals surface area contributed by atoms with Gasteiger partial charge >= 0.3 is 0 Å². The number of rotatable bonds is 4. The van der Waals surface area contributed by atoms with E-state index in [4.69, 9.17) is 0 Å². The summed E-state index contributed by atoms with van der Waals surface area (Å²) in [5.41, 5.74) is 1.05. The summed E-state index contributed by atoms with van der Waals surface area (Å²) in [6, 6.07) is 8.29. The van der Waals surface area contributed by atoms with Crippen LogP contribution in [0.15, 0.2) is 29.2 Å². The van der Waals surface area contributed by atoms with Crippen molar-refractivity contribution < 1.29 is 8.42 Å². The zero-order valence-electron chi connectivity index (χ0n) is 11.8. The van der Waals surface area contributed by atoms with Gasteiger partial charge in [-0.3, -0.25) is 0 Å². The van der Waals surface area contributed by atoms with Gasteiger partial charge in [0.1, 0.15) is 0 Å². The van der Waals surface area contributed by atoms with Crippen molar-refractivity contribution in [2.45, 2.75) is 62.0 Å². The van der Waals surface area contributed by atoms with Crippen molar-refractivity contribution in [2.24, 2.45) is 0 Å². The molecule has 2 heterocycles. The summed E-state index contributed by atoms with van der Waals surface area (Å²) < 4.78 is 27.8. The molecular weight excluding hydrogens is 272 g/mol. The predicted molar refractivity (Wildman–Crippen MR) is 79.1 cm³/mol. The van der Waals surface area contributed by atoms with Crippen molar-refractivity contribution in [3.05, 3.63) is 29.8 Å². The summed E-state index contributed by atoms with van der Waals surface area (Å²) in [6.07, 6.45) is 5.01. The Morgan fingerprint density at radius 1 is 1.25 bits per heavy atom. The van der Waals surface area contributed by atoms with Crippen LogP contribution in [0.3, 0.4) is 0 Å². The lowest BCUT2D eigenvalue weighted by Gasteiger charge is -2.29. The number of hydrogen-bond donors (Lipinski definition) is 2. The fourth-order valence-corrected chi connectivity index (χ4v) is 4.71. The monoisotopic (exact) mass is 294 g/mol. The molecule has 0 aliphatic carbocycles. The Balaban J connectivity index is 1.75. The number of benzene rings is 1. The van der Waals surface area contributed by atoms with Crippen LogP contribution in [-0.2, 0) is 16.4 Å². The molecule has 0 amide bonds. The summed E-state index contributed by atoms with van der Waals surface area (Å²) in [4.78, 5) is 0.391. The molecule has 3 rings (SSSR count). The highest BCUT2D eigenvalue weighted by atomic mass is 32.2. The second-order valence-electron chi connectivity index (χ2n) is 5.93. The van der Waals surface area contributed by atoms with E-state index in [9.17, 15) is 8.42 Å². The average molecular weight is 294 g/mol. The number of nitrogens with one attached hydrogen (secondary N) is 2. The van der Waals surface area contributed by atoms with Crippen molar-refractivity contribution >= 4 is 10.0 Å². The standard InChI is InChI=1S/C15H22N2O2S/c1-2-11-4-3-5-15(8-11)20(18,19)17-14-9-12-6-7-13(10-14)16-12/h3-5,8,12-14,16-17H,2,6-7,9-10H2,1H3. The van der Waals surface area contributed by atoms with Crippen LogP contribution < -0.4 is 10.0 Å². The second-order valence-corrected chi connectivity index (χ2v) is 7.64. The van der Waals surface area contributed by atoms with E-state index in [2.05, 4.69) is 10.0 Å². The maximum atomic E-state index is 12.5. The second kappa shape index (κ2) is 5.47. The third kappa shape index (κ3) is 2.90. The van der Waals surface area contributed by atoms with E-state index in [1.54, 1.807) is 12.1 Å². The summed E-state index contributed by atoms with van der Waals surface area (Å²) in [6.45, 7) is 2.03. The first kappa shape index (κ1) is 14.0. The fraction of sp³-hybridized carbons (Fsp3) is 0.600. The normalized spacial score (nSPS) is 29.6. The molecule has 5 heteroatoms. The van der Waals surface area contributed by atoms with Crippen molar-refractivity contribution in [3.8, 4) is 0 Å². The Morgan fingerprint density at radius 2 is 1.95 bits per heavy atom. The maximum Gasteiger partial charge on any atom is 0.240 e. The van der Waals surface area contributed by atoms with Gasteiger partial charge in [0.25, 0.3) is 0 Å². The Bertz CT molecular complexity index is 573. The minimum atomic E-state index is -3.39. The lowest BCUT2D eigenvalue weighted by Crippen LogP contribution is -2.47. The summed E-state index contributed by atoms with van der Waals surface area (Å²) in [7, 11) is -3.39. The zero-order chi connectivity index (χ0) is 14.2. The number of piperidine rings is 1. The molecule has 0 saturated carbocycles. The molecule has 2 unspecified atom stereocenters. The largest absolute Gasteiger partial charge is 0.311 e. The minimum absolute atomic E-state index is 0.0732. The van der Waals surface area contributed by atoms with Gasteiger partial charge in [-0.05, 0) is 49.8 Å². The molecule has 2 aliphatic rings. The molecule has 2 aliphatic heterocycles. The Labute approximate surface area is 121 Å². The predicted octanol–water partition coefficient (Wildman–Crippen LogP) is 1.81. The molecule has 2 bridgehead atoms. The first-order valence-corrected chi connectivity index (χ1v) is 8.92. The number of fused-ring (bicyclic) bond motifs is 2. The van der Waals surface area contributed by atoms with Crippen LogP contribution in [0.25, 0.3) is 0 Å². The van der Waals surface area contributed by atoms with Gasteiger partial charge in [-0.25, -0.2) is 13.1 Å². The topological polar surface area (TPSA) is 58.2 Å². The van der Waals surface area contributed by atoms with Crippen LogP contribution >= 0.6 is 0 Å². The molecule has 1 aromatic rings. The van der Waals surface area contributed by atoms with Crippen LogP contribution in [0.2, 0.25) is 0 Å². The zero-order valence-corrected chi connectivity index (χ0v) is 12.6. The van der Waals surface area contributed by atoms with Gasteiger partial charge in [-0.2, -0.15) is 0 Å². The van der Waals surface area contributed by atoms with E-state index in [0.717, 1.165) is 24.8 Å². The van der Waals surface area contributed by atoms with E-state index in [0.29, 0.717) is 17.0 Å². The van der Waals surface area contributed by atoms with Crippen LogP contribution in [-0.4, -0.2) is 26.5 Å². The molecule has 0 aromatic heterocycles. The van der Waals surface area contributed by atoms with Gasteiger partial charge in [-0.1, -0.05) is 19.1 Å². The molecule has 20 heavy (non-hydrogen) atoms. The first-order chi connectivity index (χ1) is 9.56. The maximum absolute atomic E-state index is 12.5. The molecule has 1 aromatic carbocycles. The van der Waals surface area contributed by atoms with Crippen LogP contribution in [0.1, 0.15) is 38.2 Å². The molecular formula is C15H22N2O2S. The quantitative estimate of drug-likeness (QED) is 0.890. The fourth-order valence-electron chi connectivity index (χ4n) is 3.37. The summed E-state index contributed by atoms with van der Waals surface area (Å²) in [5.74, 6) is 0. The van der Waals surface area contributed by atoms with Gasteiger partial charge in [-0.15, -0.1) is 0 Å². The lowest BCUT2D eigenvalue weighted by atomic mass is 10.0. The minimum Gasteiger partial charge on any atom is -0.311 e. The Kier molecular flexibility index (Phi) is 3.84. The Morgan fingerprint density at radius 3 is 2.60 bits per heavy atom. The number of hydrogen-bond acceptors (Lipinski definition) is 3. The molecule has 4 nitrogen and oxygen atoms in total. The van der Waals surface area contributed by atoms with E-state index < -0.39 is 10.0 Å². The number of sulfonamides is 1. The number of aryl methyl sites for hydroxylation is 1. The molecule has 110 valence electrons. The van der Waals surface area contributed by atoms with Gasteiger partial charge in [0, 0.05) is 18.1 Å². The average Bonchev–Trinajstić information content (AvgIpc) is 2.77. The SMILES string of the molecule is CCc1cccc(S(=O)(=O)NC2CC3CCC(C2)N3)c1. The van der Waals surface area contributed by atoms with E-state index in [1.807, 2.05) is 19.1 Å². The van der Waals surface area contributed by atoms with E-state index in [-0.39, 0.29) is 6.04 Å². The smallest absolute Gasteiger partial charge is 0.240 e. The Hall–Kier alpha value is -0.910. The van der Waals surface area contributed by atoms with Crippen molar-refractivity contribution in [1.29, 1.82) is 0 Å². The first-order valence-electron chi connectivity index (χ1n) is 7.44. The van der Waals surface area contributed by atoms with Crippen LogP contribution in [0.4, 0.5) is 0 Å².